The van der Waals surface area contributed by atoms with Crippen molar-refractivity contribution >= 4 is 5.97 Å². The molecule has 0 amide bonds. The lowest BCUT2D eigenvalue weighted by Crippen LogP contribution is -2.25. The van der Waals surface area contributed by atoms with Crippen molar-refractivity contribution in [3.63, 3.8) is 0 Å². The van der Waals surface area contributed by atoms with Gasteiger partial charge in [-0.1, -0.05) is 18.2 Å². The van der Waals surface area contributed by atoms with Crippen LogP contribution in [0.15, 0.2) is 24.3 Å². The van der Waals surface area contributed by atoms with Crippen molar-refractivity contribution in [3.05, 3.63) is 29.8 Å². The van der Waals surface area contributed by atoms with Crippen molar-refractivity contribution in [1.29, 1.82) is 0 Å². The molecule has 0 heterocycles. The van der Waals surface area contributed by atoms with Crippen LogP contribution < -0.4 is 4.74 Å². The molecule has 0 aliphatic heterocycles. The first kappa shape index (κ1) is 13.9. The van der Waals surface area contributed by atoms with E-state index >= 15 is 0 Å². The number of para-hydroxylation sites is 1. The lowest BCUT2D eigenvalue weighted by Gasteiger charge is -2.26. The molecule has 0 unspecified atom stereocenters. The molecule has 104 valence electrons. The van der Waals surface area contributed by atoms with E-state index in [0.717, 1.165) is 24.2 Å². The third kappa shape index (κ3) is 3.70. The summed E-state index contributed by atoms with van der Waals surface area (Å²) in [7, 11) is 1.65. The normalized spacial score (nSPS) is 23.0. The van der Waals surface area contributed by atoms with Crippen LogP contribution in [-0.2, 0) is 16.1 Å². The summed E-state index contributed by atoms with van der Waals surface area (Å²) in [5.74, 6) is -0.0315. The molecule has 19 heavy (non-hydrogen) atoms. The zero-order valence-electron chi connectivity index (χ0n) is 11.2. The molecular formula is C15H20O4. The molecule has 0 bridgehead atoms. The van der Waals surface area contributed by atoms with Gasteiger partial charge in [0.1, 0.15) is 5.75 Å². The molecule has 1 aromatic rings. The Bertz CT molecular complexity index is 422. The van der Waals surface area contributed by atoms with Gasteiger partial charge in [-0.15, -0.1) is 0 Å². The summed E-state index contributed by atoms with van der Waals surface area (Å²) in [6.45, 7) is 0.520. The summed E-state index contributed by atoms with van der Waals surface area (Å²) in [6, 6.07) is 7.80. The van der Waals surface area contributed by atoms with Crippen LogP contribution >= 0.6 is 0 Å². The number of carbonyl (C=O) groups is 1. The number of hydrogen-bond donors (Lipinski definition) is 1. The first-order chi connectivity index (χ1) is 9.20. The molecule has 0 radical (unpaired) electrons. The molecule has 1 aliphatic rings. The third-order valence-electron chi connectivity index (χ3n) is 3.69. The molecule has 1 fully saturated rings. The summed E-state index contributed by atoms with van der Waals surface area (Å²) in [6.07, 6.45) is 3.25. The monoisotopic (exact) mass is 264 g/mol. The van der Waals surface area contributed by atoms with Gasteiger partial charge in [-0.05, 0) is 31.7 Å². The minimum Gasteiger partial charge on any atom is -0.496 e. The average molecular weight is 264 g/mol. The molecule has 0 atom stereocenters. The van der Waals surface area contributed by atoms with Gasteiger partial charge in [0.05, 0.1) is 25.7 Å². The Hall–Kier alpha value is -1.55. The predicted octanol–water partition coefficient (Wildman–Crippen LogP) is 2.86. The molecule has 4 heteroatoms. The van der Waals surface area contributed by atoms with E-state index in [2.05, 4.69) is 0 Å². The van der Waals surface area contributed by atoms with Gasteiger partial charge in [-0.3, -0.25) is 4.79 Å². The summed E-state index contributed by atoms with van der Waals surface area (Å²) in [5.41, 5.74) is 1.03. The Labute approximate surface area is 113 Å². The number of aliphatic carboxylic acids is 1. The van der Waals surface area contributed by atoms with Crippen molar-refractivity contribution in [2.45, 2.75) is 38.4 Å². The van der Waals surface area contributed by atoms with Crippen LogP contribution in [0.1, 0.15) is 31.2 Å². The van der Waals surface area contributed by atoms with Crippen LogP contribution in [0.4, 0.5) is 0 Å². The Balaban J connectivity index is 1.82. The second-order valence-corrected chi connectivity index (χ2v) is 4.93. The van der Waals surface area contributed by atoms with Gasteiger partial charge in [0, 0.05) is 5.56 Å². The standard InChI is InChI=1S/C15H20O4/c1-18-14-5-3-2-4-12(14)10-19-13-8-6-11(7-9-13)15(16)17/h2-5,11,13H,6-10H2,1H3,(H,16,17). The van der Waals surface area contributed by atoms with Gasteiger partial charge in [0.15, 0.2) is 0 Å². The number of rotatable bonds is 5. The van der Waals surface area contributed by atoms with Crippen molar-refractivity contribution < 1.29 is 19.4 Å². The quantitative estimate of drug-likeness (QED) is 0.888. The van der Waals surface area contributed by atoms with Crippen molar-refractivity contribution in [2.24, 2.45) is 5.92 Å². The second-order valence-electron chi connectivity index (χ2n) is 4.93. The van der Waals surface area contributed by atoms with Crippen LogP contribution in [0.25, 0.3) is 0 Å². The van der Waals surface area contributed by atoms with Crippen molar-refractivity contribution in [2.75, 3.05) is 7.11 Å². The Morgan fingerprint density at radius 2 is 1.95 bits per heavy atom. The van der Waals surface area contributed by atoms with Gasteiger partial charge in [0.2, 0.25) is 0 Å². The van der Waals surface area contributed by atoms with E-state index in [0.29, 0.717) is 19.4 Å². The Kier molecular flexibility index (Phi) is 4.80. The molecule has 0 spiro atoms. The van der Waals surface area contributed by atoms with Crippen molar-refractivity contribution in [3.8, 4) is 5.75 Å². The molecule has 1 aliphatic carbocycles. The van der Waals surface area contributed by atoms with E-state index in [9.17, 15) is 4.79 Å². The largest absolute Gasteiger partial charge is 0.496 e. The van der Waals surface area contributed by atoms with E-state index in [-0.39, 0.29) is 12.0 Å². The van der Waals surface area contributed by atoms with Crippen LogP contribution in [0, 0.1) is 5.92 Å². The molecular weight excluding hydrogens is 244 g/mol. The fraction of sp³-hybridized carbons (Fsp3) is 0.533. The third-order valence-corrected chi connectivity index (χ3v) is 3.69. The maximum Gasteiger partial charge on any atom is 0.306 e. The number of methoxy groups -OCH3 is 1. The highest BCUT2D eigenvalue weighted by Crippen LogP contribution is 2.28. The van der Waals surface area contributed by atoms with Gasteiger partial charge in [-0.25, -0.2) is 0 Å². The highest BCUT2D eigenvalue weighted by Gasteiger charge is 2.26. The molecule has 1 N–H and O–H groups in total. The Morgan fingerprint density at radius 1 is 1.26 bits per heavy atom. The van der Waals surface area contributed by atoms with Crippen LogP contribution in [0.5, 0.6) is 5.75 Å². The molecule has 1 saturated carbocycles. The SMILES string of the molecule is COc1ccccc1COC1CCC(C(=O)O)CC1. The zero-order chi connectivity index (χ0) is 13.7. The van der Waals surface area contributed by atoms with Crippen LogP contribution in [-0.4, -0.2) is 24.3 Å². The molecule has 2 rings (SSSR count). The first-order valence-corrected chi connectivity index (χ1v) is 6.67. The highest BCUT2D eigenvalue weighted by molar-refractivity contribution is 5.70. The molecule has 1 aromatic carbocycles. The molecule has 0 aromatic heterocycles. The lowest BCUT2D eigenvalue weighted by molar-refractivity contribution is -0.143. The van der Waals surface area contributed by atoms with Gasteiger partial charge >= 0.3 is 5.97 Å². The number of carboxylic acid groups (broad SMARTS) is 1. The fourth-order valence-corrected chi connectivity index (χ4v) is 2.51. The van der Waals surface area contributed by atoms with Gasteiger partial charge in [-0.2, -0.15) is 0 Å². The maximum absolute atomic E-state index is 10.9. The second kappa shape index (κ2) is 6.57. The number of carboxylic acids is 1. The topological polar surface area (TPSA) is 55.8 Å². The summed E-state index contributed by atoms with van der Waals surface area (Å²) in [5, 5.41) is 8.94. The van der Waals surface area contributed by atoms with Crippen molar-refractivity contribution in [1.82, 2.24) is 0 Å². The van der Waals surface area contributed by atoms with Gasteiger partial charge < -0.3 is 14.6 Å². The predicted molar refractivity (Wildman–Crippen MR) is 71.2 cm³/mol. The van der Waals surface area contributed by atoms with E-state index in [1.54, 1.807) is 7.11 Å². The van der Waals surface area contributed by atoms with Crippen LogP contribution in [0.3, 0.4) is 0 Å². The number of benzene rings is 1. The summed E-state index contributed by atoms with van der Waals surface area (Å²) in [4.78, 5) is 10.9. The smallest absolute Gasteiger partial charge is 0.306 e. The van der Waals surface area contributed by atoms with Gasteiger partial charge in [0.25, 0.3) is 0 Å². The summed E-state index contributed by atoms with van der Waals surface area (Å²) < 4.78 is 11.1. The summed E-state index contributed by atoms with van der Waals surface area (Å²) >= 11 is 0. The zero-order valence-corrected chi connectivity index (χ0v) is 11.2. The Morgan fingerprint density at radius 3 is 2.58 bits per heavy atom. The van der Waals surface area contributed by atoms with E-state index < -0.39 is 5.97 Å². The molecule has 0 saturated heterocycles. The lowest BCUT2D eigenvalue weighted by atomic mass is 9.87. The molecule has 4 nitrogen and oxygen atoms in total. The van der Waals surface area contributed by atoms with E-state index in [1.165, 1.54) is 0 Å². The minimum absolute atomic E-state index is 0.167. The first-order valence-electron chi connectivity index (χ1n) is 6.67. The average Bonchev–Trinajstić information content (AvgIpc) is 2.45. The number of ether oxygens (including phenoxy) is 2. The van der Waals surface area contributed by atoms with E-state index in [1.807, 2.05) is 24.3 Å². The number of hydrogen-bond acceptors (Lipinski definition) is 3. The highest BCUT2D eigenvalue weighted by atomic mass is 16.5. The fourth-order valence-electron chi connectivity index (χ4n) is 2.51. The minimum atomic E-state index is -0.678. The van der Waals surface area contributed by atoms with Crippen LogP contribution in [0.2, 0.25) is 0 Å². The van der Waals surface area contributed by atoms with E-state index in [4.69, 9.17) is 14.6 Å². The maximum atomic E-state index is 10.9.